The van der Waals surface area contributed by atoms with Crippen LogP contribution in [-0.4, -0.2) is 15.5 Å². The summed E-state index contributed by atoms with van der Waals surface area (Å²) in [6.45, 7) is 7.71. The van der Waals surface area contributed by atoms with Crippen LogP contribution in [-0.2, 0) is 17.8 Å². The summed E-state index contributed by atoms with van der Waals surface area (Å²) in [6, 6.07) is 0. The number of nitrogens with zero attached hydrogens (tertiary/aromatic N) is 2. The number of amides is 1. The third-order valence-corrected chi connectivity index (χ3v) is 3.26. The summed E-state index contributed by atoms with van der Waals surface area (Å²) >= 11 is 0. The molecule has 0 radical (unpaired) electrons. The molecule has 1 heterocycles. The summed E-state index contributed by atoms with van der Waals surface area (Å²) in [7, 11) is 0. The number of nitrogens with two attached hydrogens (primary N) is 1. The molecule has 1 aromatic rings. The van der Waals surface area contributed by atoms with Crippen LogP contribution in [0.3, 0.4) is 0 Å². The van der Waals surface area contributed by atoms with Crippen molar-refractivity contribution in [2.45, 2.75) is 46.6 Å². The Bertz CT molecular complexity index is 359. The fourth-order valence-electron chi connectivity index (χ4n) is 2.03. The van der Waals surface area contributed by atoms with Gasteiger partial charge >= 0.3 is 0 Å². The molecule has 0 aliphatic heterocycles. The molecule has 0 bridgehead atoms. The first-order valence-electron chi connectivity index (χ1n) is 6.31. The van der Waals surface area contributed by atoms with Gasteiger partial charge < -0.3 is 10.3 Å². The molecule has 1 amide bonds. The SMILES string of the molecule is CCCC(C)C(C)Cn1cnc(CC(N)=O)c1. The zero-order valence-electron chi connectivity index (χ0n) is 11.0. The lowest BCUT2D eigenvalue weighted by molar-refractivity contribution is -0.117. The Labute approximate surface area is 103 Å². The lowest BCUT2D eigenvalue weighted by Gasteiger charge is -2.19. The van der Waals surface area contributed by atoms with Crippen molar-refractivity contribution in [3.8, 4) is 0 Å². The van der Waals surface area contributed by atoms with Crippen LogP contribution in [0.1, 0.15) is 39.3 Å². The van der Waals surface area contributed by atoms with Gasteiger partial charge in [0.2, 0.25) is 5.91 Å². The molecule has 0 aromatic carbocycles. The van der Waals surface area contributed by atoms with Crippen molar-refractivity contribution in [3.63, 3.8) is 0 Å². The Morgan fingerprint density at radius 2 is 2.18 bits per heavy atom. The second-order valence-electron chi connectivity index (χ2n) is 4.95. The fourth-order valence-corrected chi connectivity index (χ4v) is 2.03. The van der Waals surface area contributed by atoms with Crippen LogP contribution < -0.4 is 5.73 Å². The maximum Gasteiger partial charge on any atom is 0.223 e. The van der Waals surface area contributed by atoms with E-state index in [1.54, 1.807) is 6.33 Å². The molecule has 0 aliphatic carbocycles. The Morgan fingerprint density at radius 3 is 2.76 bits per heavy atom. The van der Waals surface area contributed by atoms with E-state index in [0.717, 1.165) is 12.2 Å². The molecule has 1 rings (SSSR count). The molecule has 4 nitrogen and oxygen atoms in total. The Kier molecular flexibility index (Phi) is 5.19. The monoisotopic (exact) mass is 237 g/mol. The van der Waals surface area contributed by atoms with Crippen LogP contribution in [0.25, 0.3) is 0 Å². The van der Waals surface area contributed by atoms with Gasteiger partial charge in [0.1, 0.15) is 0 Å². The van der Waals surface area contributed by atoms with E-state index in [1.807, 2.05) is 6.20 Å². The van der Waals surface area contributed by atoms with Crippen molar-refractivity contribution in [3.05, 3.63) is 18.2 Å². The van der Waals surface area contributed by atoms with Gasteiger partial charge in [-0.15, -0.1) is 0 Å². The number of hydrogen-bond acceptors (Lipinski definition) is 2. The van der Waals surface area contributed by atoms with Gasteiger partial charge in [-0.3, -0.25) is 4.79 Å². The van der Waals surface area contributed by atoms with Crippen molar-refractivity contribution in [2.75, 3.05) is 0 Å². The molecular weight excluding hydrogens is 214 g/mol. The van der Waals surface area contributed by atoms with Crippen molar-refractivity contribution in [1.29, 1.82) is 0 Å². The summed E-state index contributed by atoms with van der Waals surface area (Å²) in [6.07, 6.45) is 6.41. The molecule has 1 aromatic heterocycles. The third kappa shape index (κ3) is 4.59. The first-order chi connectivity index (χ1) is 8.02. The summed E-state index contributed by atoms with van der Waals surface area (Å²) in [5.74, 6) is 0.996. The molecule has 2 N–H and O–H groups in total. The van der Waals surface area contributed by atoms with Crippen LogP contribution in [0.15, 0.2) is 12.5 Å². The number of carbonyl (C=O) groups is 1. The predicted molar refractivity (Wildman–Crippen MR) is 68.4 cm³/mol. The lowest BCUT2D eigenvalue weighted by Crippen LogP contribution is -2.15. The Hall–Kier alpha value is -1.32. The van der Waals surface area contributed by atoms with E-state index in [9.17, 15) is 4.79 Å². The van der Waals surface area contributed by atoms with Gasteiger partial charge in [0.25, 0.3) is 0 Å². The van der Waals surface area contributed by atoms with Gasteiger partial charge in [0, 0.05) is 12.7 Å². The van der Waals surface area contributed by atoms with Crippen molar-refractivity contribution < 1.29 is 4.79 Å². The highest BCUT2D eigenvalue weighted by Gasteiger charge is 2.12. The summed E-state index contributed by atoms with van der Waals surface area (Å²) < 4.78 is 2.05. The highest BCUT2D eigenvalue weighted by molar-refractivity contribution is 5.75. The molecule has 17 heavy (non-hydrogen) atoms. The number of primary amides is 1. The van der Waals surface area contributed by atoms with E-state index in [1.165, 1.54) is 12.8 Å². The highest BCUT2D eigenvalue weighted by atomic mass is 16.1. The average Bonchev–Trinajstić information content (AvgIpc) is 2.64. The van der Waals surface area contributed by atoms with Gasteiger partial charge in [-0.1, -0.05) is 33.6 Å². The zero-order valence-corrected chi connectivity index (χ0v) is 11.0. The van der Waals surface area contributed by atoms with Gasteiger partial charge in [-0.2, -0.15) is 0 Å². The minimum absolute atomic E-state index is 0.228. The normalized spacial score (nSPS) is 14.5. The maximum absolute atomic E-state index is 10.8. The Balaban J connectivity index is 2.51. The average molecular weight is 237 g/mol. The molecule has 4 heteroatoms. The lowest BCUT2D eigenvalue weighted by atomic mass is 9.92. The highest BCUT2D eigenvalue weighted by Crippen LogP contribution is 2.18. The molecule has 2 atom stereocenters. The molecule has 0 aliphatic rings. The number of aromatic nitrogens is 2. The first-order valence-corrected chi connectivity index (χ1v) is 6.31. The van der Waals surface area contributed by atoms with E-state index in [0.29, 0.717) is 11.8 Å². The smallest absolute Gasteiger partial charge is 0.223 e. The van der Waals surface area contributed by atoms with E-state index in [4.69, 9.17) is 5.73 Å². The summed E-state index contributed by atoms with van der Waals surface area (Å²) in [5.41, 5.74) is 5.89. The Morgan fingerprint density at radius 1 is 1.47 bits per heavy atom. The summed E-state index contributed by atoms with van der Waals surface area (Å²) in [4.78, 5) is 14.9. The largest absolute Gasteiger partial charge is 0.369 e. The molecule has 0 saturated carbocycles. The summed E-state index contributed by atoms with van der Waals surface area (Å²) in [5, 5.41) is 0. The van der Waals surface area contributed by atoms with Crippen LogP contribution in [0.2, 0.25) is 0 Å². The van der Waals surface area contributed by atoms with Crippen LogP contribution in [0, 0.1) is 11.8 Å². The van der Waals surface area contributed by atoms with Gasteiger partial charge in [0.05, 0.1) is 18.4 Å². The number of imidazole rings is 1. The minimum atomic E-state index is -0.331. The van der Waals surface area contributed by atoms with E-state index in [2.05, 4.69) is 30.3 Å². The van der Waals surface area contributed by atoms with Gasteiger partial charge in [0.15, 0.2) is 0 Å². The number of hydrogen-bond donors (Lipinski definition) is 1. The van der Waals surface area contributed by atoms with Gasteiger partial charge in [-0.05, 0) is 11.8 Å². The minimum Gasteiger partial charge on any atom is -0.369 e. The predicted octanol–water partition coefficient (Wildman–Crippen LogP) is 1.98. The van der Waals surface area contributed by atoms with E-state index < -0.39 is 0 Å². The molecule has 0 spiro atoms. The van der Waals surface area contributed by atoms with Crippen molar-refractivity contribution in [2.24, 2.45) is 17.6 Å². The molecule has 96 valence electrons. The molecule has 0 fully saturated rings. The van der Waals surface area contributed by atoms with Crippen LogP contribution in [0.4, 0.5) is 0 Å². The van der Waals surface area contributed by atoms with Crippen LogP contribution in [0.5, 0.6) is 0 Å². The van der Waals surface area contributed by atoms with E-state index in [-0.39, 0.29) is 12.3 Å². The van der Waals surface area contributed by atoms with Crippen molar-refractivity contribution >= 4 is 5.91 Å². The van der Waals surface area contributed by atoms with Crippen molar-refractivity contribution in [1.82, 2.24) is 9.55 Å². The topological polar surface area (TPSA) is 60.9 Å². The first kappa shape index (κ1) is 13.7. The third-order valence-electron chi connectivity index (χ3n) is 3.26. The maximum atomic E-state index is 10.8. The molecule has 2 unspecified atom stereocenters. The standard InChI is InChI=1S/C13H23N3O/c1-4-5-10(2)11(3)7-16-8-12(15-9-16)6-13(14)17/h8-11H,4-7H2,1-3H3,(H2,14,17). The second kappa shape index (κ2) is 6.42. The fraction of sp³-hybridized carbons (Fsp3) is 0.692. The molecular formula is C13H23N3O. The second-order valence-corrected chi connectivity index (χ2v) is 4.95. The number of carbonyl (C=O) groups excluding carboxylic acids is 1. The zero-order chi connectivity index (χ0) is 12.8. The molecule has 0 saturated heterocycles. The van der Waals surface area contributed by atoms with Crippen LogP contribution >= 0.6 is 0 Å². The number of rotatable bonds is 7. The van der Waals surface area contributed by atoms with Gasteiger partial charge in [-0.25, -0.2) is 4.98 Å². The quantitative estimate of drug-likeness (QED) is 0.788. The van der Waals surface area contributed by atoms with E-state index >= 15 is 0 Å².